The summed E-state index contributed by atoms with van der Waals surface area (Å²) < 4.78 is 32.4. The van der Waals surface area contributed by atoms with Gasteiger partial charge in [0.1, 0.15) is 17.4 Å². The molecule has 0 aromatic heterocycles. The molecule has 1 amide bonds. The molecule has 0 spiro atoms. The van der Waals surface area contributed by atoms with Crippen LogP contribution in [0.1, 0.15) is 49.2 Å². The molecule has 166 valence electrons. The highest BCUT2D eigenvalue weighted by Crippen LogP contribution is 2.22. The number of nitrogens with zero attached hydrogens (tertiary/aromatic N) is 1. The molecule has 2 unspecified atom stereocenters. The quantitative estimate of drug-likeness (QED) is 0.440. The van der Waals surface area contributed by atoms with Gasteiger partial charge in [-0.25, -0.2) is 19.6 Å². The van der Waals surface area contributed by atoms with Gasteiger partial charge in [-0.05, 0) is 50.6 Å². The molecule has 3 rings (SSSR count). The number of benzene rings is 2. The Bertz CT molecular complexity index is 957. The van der Waals surface area contributed by atoms with Crippen LogP contribution < -0.4 is 26.2 Å². The van der Waals surface area contributed by atoms with E-state index in [0.29, 0.717) is 12.2 Å². The normalized spacial score (nSPS) is 19.2. The molecule has 2 atom stereocenters. The van der Waals surface area contributed by atoms with E-state index in [-0.39, 0.29) is 29.5 Å². The average Bonchev–Trinajstić information content (AvgIpc) is 3.15. The van der Waals surface area contributed by atoms with Crippen LogP contribution in [0.5, 0.6) is 5.75 Å². The van der Waals surface area contributed by atoms with Crippen LogP contribution in [-0.4, -0.2) is 30.7 Å². The summed E-state index contributed by atoms with van der Waals surface area (Å²) in [7, 11) is 1.42. The van der Waals surface area contributed by atoms with Crippen molar-refractivity contribution in [2.75, 3.05) is 7.11 Å². The number of carbonyl (C=O) groups excluding carboxylic acids is 1. The highest BCUT2D eigenvalue weighted by molar-refractivity contribution is 6.03. The largest absolute Gasteiger partial charge is 0.497 e. The van der Waals surface area contributed by atoms with E-state index in [0.717, 1.165) is 11.6 Å². The van der Waals surface area contributed by atoms with Crippen LogP contribution in [-0.2, 0) is 0 Å². The first-order chi connectivity index (χ1) is 14.6. The van der Waals surface area contributed by atoms with E-state index in [9.17, 15) is 13.6 Å². The van der Waals surface area contributed by atoms with Gasteiger partial charge in [-0.2, -0.15) is 4.99 Å². The molecule has 31 heavy (non-hydrogen) atoms. The lowest BCUT2D eigenvalue weighted by atomic mass is 10.0. The van der Waals surface area contributed by atoms with Gasteiger partial charge < -0.3 is 15.4 Å². The van der Waals surface area contributed by atoms with Crippen molar-refractivity contribution in [2.45, 2.75) is 44.9 Å². The standard InChI is InChI=1S/C22H27F2N5O2/c1-22(2,3)27-21(26-20(30)16-10-9-15(31-4)11-17(16)24)25-19-12-18(28-29-19)13-5-7-14(23)8-6-13/h5-11,18-19,28-29H,12H2,1-4H3,(H2,25,26,27,30). The molecule has 7 nitrogen and oxygen atoms in total. The van der Waals surface area contributed by atoms with Gasteiger partial charge in [-0.1, -0.05) is 12.1 Å². The monoisotopic (exact) mass is 431 g/mol. The fourth-order valence-electron chi connectivity index (χ4n) is 3.14. The third-order valence-electron chi connectivity index (χ3n) is 4.60. The maximum atomic E-state index is 14.3. The van der Waals surface area contributed by atoms with Crippen LogP contribution in [0, 0.1) is 11.6 Å². The number of guanidine groups is 1. The molecule has 1 saturated heterocycles. The second-order valence-electron chi connectivity index (χ2n) is 8.31. The number of hydrazine groups is 1. The summed E-state index contributed by atoms with van der Waals surface area (Å²) in [6.07, 6.45) is 0.346. The Hall–Kier alpha value is -3.04. The lowest BCUT2D eigenvalue weighted by Crippen LogP contribution is -2.54. The van der Waals surface area contributed by atoms with Gasteiger partial charge in [-0.15, -0.1) is 0 Å². The maximum absolute atomic E-state index is 14.3. The molecule has 2 aromatic carbocycles. The number of halogens is 2. The van der Waals surface area contributed by atoms with Gasteiger partial charge in [0.15, 0.2) is 0 Å². The minimum atomic E-state index is -0.722. The van der Waals surface area contributed by atoms with Crippen molar-refractivity contribution in [3.8, 4) is 5.75 Å². The topological polar surface area (TPSA) is 86.8 Å². The number of hydrogen-bond acceptors (Lipinski definition) is 4. The van der Waals surface area contributed by atoms with E-state index < -0.39 is 17.3 Å². The van der Waals surface area contributed by atoms with E-state index in [4.69, 9.17) is 4.74 Å². The predicted octanol–water partition coefficient (Wildman–Crippen LogP) is 3.01. The van der Waals surface area contributed by atoms with Gasteiger partial charge in [0, 0.05) is 24.1 Å². The summed E-state index contributed by atoms with van der Waals surface area (Å²) in [4.78, 5) is 16.7. The summed E-state index contributed by atoms with van der Waals surface area (Å²) in [5.74, 6) is -1.19. The number of aliphatic imine (C=N–C) groups is 1. The molecule has 1 aliphatic rings. The zero-order chi connectivity index (χ0) is 22.6. The van der Waals surface area contributed by atoms with E-state index in [2.05, 4.69) is 26.5 Å². The molecule has 1 heterocycles. The zero-order valence-electron chi connectivity index (χ0n) is 17.9. The van der Waals surface area contributed by atoms with Gasteiger partial charge in [0.25, 0.3) is 5.91 Å². The molecule has 0 bridgehead atoms. The van der Waals surface area contributed by atoms with Crippen molar-refractivity contribution in [3.63, 3.8) is 0 Å². The lowest BCUT2D eigenvalue weighted by molar-refractivity contribution is 0.0998. The molecule has 1 aliphatic heterocycles. The smallest absolute Gasteiger partial charge is 0.283 e. The van der Waals surface area contributed by atoms with E-state index in [1.165, 1.54) is 31.4 Å². The van der Waals surface area contributed by atoms with Crippen LogP contribution >= 0.6 is 0 Å². The Kier molecular flexibility index (Phi) is 6.87. The van der Waals surface area contributed by atoms with Crippen LogP contribution in [0.3, 0.4) is 0 Å². The van der Waals surface area contributed by atoms with Gasteiger partial charge in [-0.3, -0.25) is 4.79 Å². The van der Waals surface area contributed by atoms with Crippen molar-refractivity contribution < 1.29 is 18.3 Å². The third kappa shape index (κ3) is 6.22. The first-order valence-corrected chi connectivity index (χ1v) is 9.92. The SMILES string of the molecule is COc1ccc(C(=O)/N=C(\NC2CC(c3ccc(F)cc3)NN2)NC(C)(C)C)c(F)c1. The van der Waals surface area contributed by atoms with Gasteiger partial charge >= 0.3 is 0 Å². The van der Waals surface area contributed by atoms with Gasteiger partial charge in [0.2, 0.25) is 5.96 Å². The Labute approximate surface area is 180 Å². The summed E-state index contributed by atoms with van der Waals surface area (Å²) in [5.41, 5.74) is 6.62. The third-order valence-corrected chi connectivity index (χ3v) is 4.60. The summed E-state index contributed by atoms with van der Waals surface area (Å²) in [6, 6.07) is 10.2. The highest BCUT2D eigenvalue weighted by Gasteiger charge is 2.27. The van der Waals surface area contributed by atoms with Gasteiger partial charge in [0.05, 0.1) is 18.8 Å². The number of methoxy groups -OCH3 is 1. The highest BCUT2D eigenvalue weighted by atomic mass is 19.1. The molecule has 2 aromatic rings. The molecule has 9 heteroatoms. The Balaban J connectivity index is 1.75. The second kappa shape index (κ2) is 9.40. The summed E-state index contributed by atoms with van der Waals surface area (Å²) >= 11 is 0. The summed E-state index contributed by atoms with van der Waals surface area (Å²) in [6.45, 7) is 5.76. The number of nitrogens with one attached hydrogen (secondary N) is 4. The fraction of sp³-hybridized carbons (Fsp3) is 0.364. The molecule has 1 fully saturated rings. The van der Waals surface area contributed by atoms with Crippen molar-refractivity contribution >= 4 is 11.9 Å². The molecule has 0 radical (unpaired) electrons. The van der Waals surface area contributed by atoms with Crippen LogP contribution in [0.4, 0.5) is 8.78 Å². The number of carbonyl (C=O) groups is 1. The zero-order valence-corrected chi connectivity index (χ0v) is 17.9. The fourth-order valence-corrected chi connectivity index (χ4v) is 3.14. The minimum absolute atomic E-state index is 0.0521. The van der Waals surface area contributed by atoms with Crippen molar-refractivity contribution in [1.82, 2.24) is 21.5 Å². The first-order valence-electron chi connectivity index (χ1n) is 9.92. The summed E-state index contributed by atoms with van der Waals surface area (Å²) in [5, 5.41) is 6.29. The van der Waals surface area contributed by atoms with Crippen LogP contribution in [0.15, 0.2) is 47.5 Å². The number of amides is 1. The van der Waals surface area contributed by atoms with Crippen molar-refractivity contribution in [1.29, 1.82) is 0 Å². The van der Waals surface area contributed by atoms with E-state index in [1.54, 1.807) is 12.1 Å². The first kappa shape index (κ1) is 22.6. The molecule has 0 aliphatic carbocycles. The molecular formula is C22H27F2N5O2. The van der Waals surface area contributed by atoms with Crippen LogP contribution in [0.2, 0.25) is 0 Å². The van der Waals surface area contributed by atoms with Crippen LogP contribution in [0.25, 0.3) is 0 Å². The Morgan fingerprint density at radius 1 is 1.13 bits per heavy atom. The number of ether oxygens (including phenoxy) is 1. The van der Waals surface area contributed by atoms with Crippen molar-refractivity contribution in [3.05, 3.63) is 65.2 Å². The number of hydrogen-bond donors (Lipinski definition) is 4. The molecular weight excluding hydrogens is 404 g/mol. The Morgan fingerprint density at radius 3 is 2.45 bits per heavy atom. The Morgan fingerprint density at radius 2 is 1.84 bits per heavy atom. The predicted molar refractivity (Wildman–Crippen MR) is 115 cm³/mol. The lowest BCUT2D eigenvalue weighted by Gasteiger charge is -2.25. The second-order valence-corrected chi connectivity index (χ2v) is 8.31. The van der Waals surface area contributed by atoms with E-state index in [1.807, 2.05) is 20.8 Å². The average molecular weight is 431 g/mol. The molecule has 4 N–H and O–H groups in total. The maximum Gasteiger partial charge on any atom is 0.283 e. The minimum Gasteiger partial charge on any atom is -0.497 e. The number of rotatable bonds is 4. The van der Waals surface area contributed by atoms with Crippen molar-refractivity contribution in [2.24, 2.45) is 4.99 Å². The van der Waals surface area contributed by atoms with E-state index >= 15 is 0 Å². The molecule has 0 saturated carbocycles.